The number of aliphatic hydroxyl groups excluding tert-OH is 1. The largest absolute Gasteiger partial charge is 0.386 e. The van der Waals surface area contributed by atoms with Crippen molar-refractivity contribution >= 4 is 0 Å². The molecule has 0 aliphatic carbocycles. The van der Waals surface area contributed by atoms with E-state index in [0.717, 1.165) is 5.56 Å². The van der Waals surface area contributed by atoms with Crippen molar-refractivity contribution < 1.29 is 5.11 Å². The fourth-order valence-electron chi connectivity index (χ4n) is 0.936. The molecule has 1 aromatic rings. The zero-order valence-electron chi connectivity index (χ0n) is 6.83. The van der Waals surface area contributed by atoms with Gasteiger partial charge in [-0.2, -0.15) is 0 Å². The third-order valence-corrected chi connectivity index (χ3v) is 1.64. The van der Waals surface area contributed by atoms with E-state index in [1.807, 2.05) is 6.07 Å². The second-order valence-electron chi connectivity index (χ2n) is 3.37. The molecular weight excluding hydrogens is 140 g/mol. The number of rotatable bonds is 2. The highest BCUT2D eigenvalue weighted by molar-refractivity contribution is 5.15. The van der Waals surface area contributed by atoms with Gasteiger partial charge < -0.3 is 15.8 Å². The summed E-state index contributed by atoms with van der Waals surface area (Å²) in [4.78, 5) is 2.87. The molecule has 0 aliphatic rings. The second-order valence-corrected chi connectivity index (χ2v) is 3.37. The number of nitrogens with two attached hydrogens (primary N) is 1. The van der Waals surface area contributed by atoms with Gasteiger partial charge in [0.15, 0.2) is 0 Å². The summed E-state index contributed by atoms with van der Waals surface area (Å²) in [5.41, 5.74) is 5.96. The Balaban J connectivity index is 2.78. The van der Waals surface area contributed by atoms with Gasteiger partial charge in [0.05, 0.1) is 6.10 Å². The smallest absolute Gasteiger partial charge is 0.0978 e. The molecule has 1 unspecified atom stereocenters. The molecule has 3 heteroatoms. The number of hydrogen-bond donors (Lipinski definition) is 3. The minimum absolute atomic E-state index is 0.581. The summed E-state index contributed by atoms with van der Waals surface area (Å²) in [6, 6.07) is 1.82. The molecule has 0 aromatic carbocycles. The SMILES string of the molecule is CC(C)(N)C(O)c1cc[nH]c1. The number of aromatic amines is 1. The standard InChI is InChI=1S/C8H14N2O/c1-8(2,9)7(11)6-3-4-10-5-6/h3-5,7,10-11H,9H2,1-2H3. The van der Waals surface area contributed by atoms with Gasteiger partial charge in [-0.25, -0.2) is 0 Å². The van der Waals surface area contributed by atoms with Crippen LogP contribution in [0.25, 0.3) is 0 Å². The molecule has 3 nitrogen and oxygen atoms in total. The first kappa shape index (κ1) is 8.30. The Labute approximate surface area is 66.2 Å². The molecule has 0 amide bonds. The molecule has 0 radical (unpaired) electrons. The number of H-pyrrole nitrogens is 1. The Morgan fingerprint density at radius 2 is 2.27 bits per heavy atom. The van der Waals surface area contributed by atoms with E-state index in [0.29, 0.717) is 0 Å². The first-order chi connectivity index (χ1) is 5.02. The highest BCUT2D eigenvalue weighted by Gasteiger charge is 2.24. The number of aliphatic hydroxyl groups is 1. The van der Waals surface area contributed by atoms with Crippen LogP contribution in [0, 0.1) is 0 Å². The maximum Gasteiger partial charge on any atom is 0.0978 e. The topological polar surface area (TPSA) is 62.0 Å². The lowest BCUT2D eigenvalue weighted by Crippen LogP contribution is -2.39. The van der Waals surface area contributed by atoms with Crippen molar-refractivity contribution in [3.05, 3.63) is 24.0 Å². The maximum atomic E-state index is 9.60. The number of nitrogens with one attached hydrogen (secondary N) is 1. The van der Waals surface area contributed by atoms with E-state index in [4.69, 9.17) is 5.73 Å². The number of hydrogen-bond acceptors (Lipinski definition) is 2. The normalized spacial score (nSPS) is 14.9. The van der Waals surface area contributed by atoms with E-state index in [-0.39, 0.29) is 0 Å². The summed E-state index contributed by atoms with van der Waals surface area (Å²) in [6.45, 7) is 3.59. The van der Waals surface area contributed by atoms with Gasteiger partial charge in [-0.05, 0) is 25.5 Å². The van der Waals surface area contributed by atoms with Gasteiger partial charge >= 0.3 is 0 Å². The Morgan fingerprint density at radius 1 is 1.64 bits per heavy atom. The molecular formula is C8H14N2O. The van der Waals surface area contributed by atoms with Crippen molar-refractivity contribution in [1.82, 2.24) is 4.98 Å². The molecule has 0 fully saturated rings. The van der Waals surface area contributed by atoms with E-state index in [1.165, 1.54) is 0 Å². The van der Waals surface area contributed by atoms with Crippen LogP contribution in [0.15, 0.2) is 18.5 Å². The summed E-state index contributed by atoms with van der Waals surface area (Å²) >= 11 is 0. The first-order valence-corrected chi connectivity index (χ1v) is 3.61. The first-order valence-electron chi connectivity index (χ1n) is 3.61. The van der Waals surface area contributed by atoms with Crippen molar-refractivity contribution in [2.45, 2.75) is 25.5 Å². The predicted octanol–water partition coefficient (Wildman–Crippen LogP) is 0.785. The highest BCUT2D eigenvalue weighted by Crippen LogP contribution is 2.21. The van der Waals surface area contributed by atoms with Crippen LogP contribution in [-0.2, 0) is 0 Å². The lowest BCUT2D eigenvalue weighted by Gasteiger charge is -2.24. The second kappa shape index (κ2) is 2.68. The van der Waals surface area contributed by atoms with Crippen molar-refractivity contribution in [3.8, 4) is 0 Å². The van der Waals surface area contributed by atoms with Gasteiger partial charge in [0.25, 0.3) is 0 Å². The molecule has 4 N–H and O–H groups in total. The average molecular weight is 154 g/mol. The molecule has 0 bridgehead atoms. The van der Waals surface area contributed by atoms with Crippen molar-refractivity contribution in [1.29, 1.82) is 0 Å². The van der Waals surface area contributed by atoms with Crippen molar-refractivity contribution in [2.24, 2.45) is 5.73 Å². The predicted molar refractivity (Wildman–Crippen MR) is 44.0 cm³/mol. The van der Waals surface area contributed by atoms with Gasteiger partial charge in [0.1, 0.15) is 0 Å². The van der Waals surface area contributed by atoms with Gasteiger partial charge in [-0.1, -0.05) is 0 Å². The van der Waals surface area contributed by atoms with Crippen molar-refractivity contribution in [2.75, 3.05) is 0 Å². The van der Waals surface area contributed by atoms with Gasteiger partial charge in [-0.15, -0.1) is 0 Å². The van der Waals surface area contributed by atoms with Gasteiger partial charge in [-0.3, -0.25) is 0 Å². The fourth-order valence-corrected chi connectivity index (χ4v) is 0.936. The summed E-state index contributed by atoms with van der Waals surface area (Å²) < 4.78 is 0. The van der Waals surface area contributed by atoms with E-state index in [9.17, 15) is 5.11 Å². The van der Waals surface area contributed by atoms with Gasteiger partial charge in [0.2, 0.25) is 0 Å². The van der Waals surface area contributed by atoms with E-state index in [1.54, 1.807) is 26.2 Å². The molecule has 1 atom stereocenters. The molecule has 62 valence electrons. The number of aromatic nitrogens is 1. The zero-order valence-corrected chi connectivity index (χ0v) is 6.83. The van der Waals surface area contributed by atoms with Crippen LogP contribution in [0.3, 0.4) is 0 Å². The van der Waals surface area contributed by atoms with Crippen LogP contribution in [0.1, 0.15) is 25.5 Å². The van der Waals surface area contributed by atoms with E-state index < -0.39 is 11.6 Å². The molecule has 0 saturated carbocycles. The Kier molecular flexibility index (Phi) is 2.02. The van der Waals surface area contributed by atoms with Crippen LogP contribution in [0.5, 0.6) is 0 Å². The lowest BCUT2D eigenvalue weighted by atomic mass is 9.94. The molecule has 1 aromatic heterocycles. The Hall–Kier alpha value is -0.800. The highest BCUT2D eigenvalue weighted by atomic mass is 16.3. The van der Waals surface area contributed by atoms with E-state index in [2.05, 4.69) is 4.98 Å². The lowest BCUT2D eigenvalue weighted by molar-refractivity contribution is 0.105. The molecule has 11 heavy (non-hydrogen) atoms. The Morgan fingerprint density at radius 3 is 2.64 bits per heavy atom. The summed E-state index contributed by atoms with van der Waals surface area (Å²) in [5.74, 6) is 0. The summed E-state index contributed by atoms with van der Waals surface area (Å²) in [6.07, 6.45) is 2.91. The fraction of sp³-hybridized carbons (Fsp3) is 0.500. The molecule has 1 rings (SSSR count). The molecule has 0 aliphatic heterocycles. The van der Waals surface area contributed by atoms with Crippen LogP contribution in [0.4, 0.5) is 0 Å². The van der Waals surface area contributed by atoms with Crippen LogP contribution in [0.2, 0.25) is 0 Å². The summed E-state index contributed by atoms with van der Waals surface area (Å²) in [7, 11) is 0. The minimum atomic E-state index is -0.603. The zero-order chi connectivity index (χ0) is 8.48. The molecule has 0 spiro atoms. The maximum absolute atomic E-state index is 9.60. The third-order valence-electron chi connectivity index (χ3n) is 1.64. The van der Waals surface area contributed by atoms with Crippen molar-refractivity contribution in [3.63, 3.8) is 0 Å². The van der Waals surface area contributed by atoms with Crippen LogP contribution >= 0.6 is 0 Å². The quantitative estimate of drug-likeness (QED) is 0.589. The van der Waals surface area contributed by atoms with Crippen LogP contribution < -0.4 is 5.73 Å². The average Bonchev–Trinajstić information content (AvgIpc) is 2.34. The van der Waals surface area contributed by atoms with Gasteiger partial charge in [0, 0.05) is 17.9 Å². The summed E-state index contributed by atoms with van der Waals surface area (Å²) in [5, 5.41) is 9.60. The molecule has 1 heterocycles. The molecule has 0 saturated heterocycles. The van der Waals surface area contributed by atoms with E-state index >= 15 is 0 Å². The third kappa shape index (κ3) is 1.82. The monoisotopic (exact) mass is 154 g/mol. The minimum Gasteiger partial charge on any atom is -0.386 e. The Bertz CT molecular complexity index is 210. The van der Waals surface area contributed by atoms with Crippen LogP contribution in [-0.4, -0.2) is 15.6 Å².